The van der Waals surface area contributed by atoms with Crippen LogP contribution in [0.2, 0.25) is 0 Å². The number of nitrogens with zero attached hydrogens (tertiary/aromatic N) is 4. The molecule has 0 atom stereocenters. The lowest BCUT2D eigenvalue weighted by Gasteiger charge is -2.06. The number of nitrogens with one attached hydrogen (secondary N) is 1. The smallest absolute Gasteiger partial charge is 0.231 e. The number of hydrogen-bond donors (Lipinski definition) is 1. The molecule has 0 aliphatic heterocycles. The third-order valence-electron chi connectivity index (χ3n) is 4.15. The van der Waals surface area contributed by atoms with Gasteiger partial charge in [0, 0.05) is 16.0 Å². The van der Waals surface area contributed by atoms with Gasteiger partial charge in [0.25, 0.3) is 0 Å². The zero-order valence-corrected chi connectivity index (χ0v) is 17.6. The molecule has 0 spiro atoms. The minimum Gasteiger partial charge on any atom is -0.339 e. The maximum absolute atomic E-state index is 5.22. The van der Waals surface area contributed by atoms with E-state index in [1.54, 1.807) is 24.5 Å². The Kier molecular flexibility index (Phi) is 5.78. The molecule has 0 saturated heterocycles. The van der Waals surface area contributed by atoms with Crippen LogP contribution in [-0.2, 0) is 19.3 Å². The van der Waals surface area contributed by atoms with Gasteiger partial charge in [0.05, 0.1) is 12.1 Å². The molecule has 0 amide bonds. The minimum absolute atomic E-state index is 0.540. The number of halogens is 1. The van der Waals surface area contributed by atoms with Crippen molar-refractivity contribution in [2.24, 2.45) is 0 Å². The van der Waals surface area contributed by atoms with E-state index >= 15 is 0 Å². The van der Waals surface area contributed by atoms with Crippen LogP contribution in [0, 0.1) is 6.92 Å². The summed E-state index contributed by atoms with van der Waals surface area (Å²) in [4.78, 5) is 13.4. The molecule has 3 heterocycles. The van der Waals surface area contributed by atoms with Gasteiger partial charge in [-0.05, 0) is 52.9 Å². The molecule has 8 heteroatoms. The van der Waals surface area contributed by atoms with Gasteiger partial charge in [-0.3, -0.25) is 0 Å². The predicted molar refractivity (Wildman–Crippen MR) is 113 cm³/mol. The molecule has 0 radical (unpaired) electrons. The van der Waals surface area contributed by atoms with E-state index in [0.29, 0.717) is 18.1 Å². The van der Waals surface area contributed by atoms with Crippen molar-refractivity contribution in [2.75, 3.05) is 5.32 Å². The molecular weight excluding hydrogens is 438 g/mol. The number of pyridine rings is 1. The molecule has 4 rings (SSSR count). The molecule has 0 bridgehead atoms. The van der Waals surface area contributed by atoms with E-state index in [4.69, 9.17) is 4.52 Å². The average molecular weight is 456 g/mol. The first-order valence-electron chi connectivity index (χ1n) is 8.84. The first kappa shape index (κ1) is 18.8. The van der Waals surface area contributed by atoms with Crippen LogP contribution in [0.5, 0.6) is 0 Å². The lowest BCUT2D eigenvalue weighted by molar-refractivity contribution is 0.381. The number of aromatic nitrogens is 4. The largest absolute Gasteiger partial charge is 0.339 e. The summed E-state index contributed by atoms with van der Waals surface area (Å²) < 4.78 is 6.11. The Morgan fingerprint density at radius 1 is 1.14 bits per heavy atom. The third kappa shape index (κ3) is 4.82. The van der Waals surface area contributed by atoms with Crippen molar-refractivity contribution in [2.45, 2.75) is 26.2 Å². The summed E-state index contributed by atoms with van der Waals surface area (Å²) in [6.45, 7) is 1.80. The zero-order chi connectivity index (χ0) is 19.3. The summed E-state index contributed by atoms with van der Waals surface area (Å²) in [6, 6.07) is 12.4. The average Bonchev–Trinajstić information content (AvgIpc) is 3.32. The summed E-state index contributed by atoms with van der Waals surface area (Å²) in [5.41, 5.74) is 3.41. The molecule has 1 aromatic carbocycles. The standard InChI is InChI=1S/C20H18BrN5OS/c1-13-23-19(27-26-13)10-15-9-18(22-11-17(15)21)25-20-24-16(12-28-20)8-7-14-5-3-2-4-6-14/h2-6,9,11-12H,7-8,10H2,1H3,(H,22,24,25). The molecule has 0 aliphatic carbocycles. The summed E-state index contributed by atoms with van der Waals surface area (Å²) in [5, 5.41) is 10.0. The normalized spacial score (nSPS) is 10.9. The lowest BCUT2D eigenvalue weighted by atomic mass is 10.1. The van der Waals surface area contributed by atoms with E-state index in [-0.39, 0.29) is 0 Å². The number of rotatable bonds is 7. The third-order valence-corrected chi connectivity index (χ3v) is 5.67. The first-order chi connectivity index (χ1) is 13.7. The van der Waals surface area contributed by atoms with Gasteiger partial charge in [-0.1, -0.05) is 35.5 Å². The Hall–Kier alpha value is -2.58. The fourth-order valence-corrected chi connectivity index (χ4v) is 3.87. The molecule has 0 unspecified atom stereocenters. The Bertz CT molecular complexity index is 1060. The molecule has 142 valence electrons. The molecule has 0 aliphatic rings. The zero-order valence-electron chi connectivity index (χ0n) is 15.2. The van der Waals surface area contributed by atoms with Crippen LogP contribution in [0.15, 0.2) is 57.0 Å². The summed E-state index contributed by atoms with van der Waals surface area (Å²) in [7, 11) is 0. The quantitative estimate of drug-likeness (QED) is 0.417. The van der Waals surface area contributed by atoms with Crippen molar-refractivity contribution < 1.29 is 4.52 Å². The van der Waals surface area contributed by atoms with Gasteiger partial charge in [-0.25, -0.2) is 9.97 Å². The van der Waals surface area contributed by atoms with E-state index in [2.05, 4.69) is 71.0 Å². The number of aryl methyl sites for hydroxylation is 3. The van der Waals surface area contributed by atoms with Gasteiger partial charge in [-0.2, -0.15) is 4.98 Å². The molecular formula is C20H18BrN5OS. The molecule has 0 fully saturated rings. The Balaban J connectivity index is 1.41. The molecule has 28 heavy (non-hydrogen) atoms. The van der Waals surface area contributed by atoms with Crippen molar-refractivity contribution in [1.82, 2.24) is 20.1 Å². The van der Waals surface area contributed by atoms with E-state index in [9.17, 15) is 0 Å². The highest BCUT2D eigenvalue weighted by Gasteiger charge is 2.10. The monoisotopic (exact) mass is 455 g/mol. The summed E-state index contributed by atoms with van der Waals surface area (Å²) >= 11 is 5.12. The molecule has 4 aromatic rings. The second kappa shape index (κ2) is 8.62. The maximum atomic E-state index is 5.22. The van der Waals surface area contributed by atoms with Gasteiger partial charge >= 0.3 is 0 Å². The number of anilines is 2. The van der Waals surface area contributed by atoms with Crippen molar-refractivity contribution in [3.05, 3.63) is 81.0 Å². The second-order valence-electron chi connectivity index (χ2n) is 6.33. The Labute approximate surface area is 175 Å². The van der Waals surface area contributed by atoms with Gasteiger partial charge in [0.2, 0.25) is 5.89 Å². The number of benzene rings is 1. The van der Waals surface area contributed by atoms with Crippen LogP contribution < -0.4 is 5.32 Å². The predicted octanol–water partition coefficient (Wildman–Crippen LogP) is 5.11. The topological polar surface area (TPSA) is 76.7 Å². The first-order valence-corrected chi connectivity index (χ1v) is 10.5. The van der Waals surface area contributed by atoms with Crippen molar-refractivity contribution in [3.63, 3.8) is 0 Å². The lowest BCUT2D eigenvalue weighted by Crippen LogP contribution is -1.98. The van der Waals surface area contributed by atoms with E-state index in [1.165, 1.54) is 5.56 Å². The Morgan fingerprint density at radius 3 is 2.79 bits per heavy atom. The highest BCUT2D eigenvalue weighted by Crippen LogP contribution is 2.25. The number of hydrogen-bond acceptors (Lipinski definition) is 7. The molecule has 6 nitrogen and oxygen atoms in total. The molecule has 0 saturated carbocycles. The van der Waals surface area contributed by atoms with Gasteiger partial charge in [-0.15, -0.1) is 11.3 Å². The summed E-state index contributed by atoms with van der Waals surface area (Å²) in [5.74, 6) is 1.94. The fourth-order valence-electron chi connectivity index (χ4n) is 2.76. The van der Waals surface area contributed by atoms with Crippen molar-refractivity contribution in [1.29, 1.82) is 0 Å². The van der Waals surface area contributed by atoms with Crippen LogP contribution in [0.4, 0.5) is 10.9 Å². The minimum atomic E-state index is 0.540. The van der Waals surface area contributed by atoms with Crippen LogP contribution in [-0.4, -0.2) is 20.1 Å². The van der Waals surface area contributed by atoms with E-state index in [1.807, 2.05) is 12.1 Å². The van der Waals surface area contributed by atoms with E-state index < -0.39 is 0 Å². The van der Waals surface area contributed by atoms with Crippen molar-refractivity contribution in [3.8, 4) is 0 Å². The second-order valence-corrected chi connectivity index (χ2v) is 8.04. The van der Waals surface area contributed by atoms with Crippen LogP contribution >= 0.6 is 27.3 Å². The van der Waals surface area contributed by atoms with Gasteiger partial charge < -0.3 is 9.84 Å². The highest BCUT2D eigenvalue weighted by molar-refractivity contribution is 9.10. The fraction of sp³-hybridized carbons (Fsp3) is 0.200. The van der Waals surface area contributed by atoms with Gasteiger partial charge in [0.15, 0.2) is 11.0 Å². The van der Waals surface area contributed by atoms with Gasteiger partial charge in [0.1, 0.15) is 5.82 Å². The van der Waals surface area contributed by atoms with Crippen LogP contribution in [0.1, 0.15) is 28.5 Å². The highest BCUT2D eigenvalue weighted by atomic mass is 79.9. The molecule has 1 N–H and O–H groups in total. The summed E-state index contributed by atoms with van der Waals surface area (Å²) in [6.07, 6.45) is 4.20. The van der Waals surface area contributed by atoms with Crippen LogP contribution in [0.3, 0.4) is 0 Å². The van der Waals surface area contributed by atoms with Crippen LogP contribution in [0.25, 0.3) is 0 Å². The van der Waals surface area contributed by atoms with Crippen molar-refractivity contribution >= 4 is 38.2 Å². The molecule has 3 aromatic heterocycles. The van der Waals surface area contributed by atoms with E-state index in [0.717, 1.165) is 39.5 Å². The Morgan fingerprint density at radius 2 is 2.00 bits per heavy atom. The maximum Gasteiger partial charge on any atom is 0.231 e. The SMILES string of the molecule is Cc1noc(Cc2cc(Nc3nc(CCc4ccccc4)cs3)ncc2Br)n1. The number of thiazole rings is 1.